The lowest BCUT2D eigenvalue weighted by molar-refractivity contribution is -0.123. The highest BCUT2D eigenvalue weighted by molar-refractivity contribution is 5.77. The van der Waals surface area contributed by atoms with Crippen LogP contribution >= 0.6 is 0 Å². The monoisotopic (exact) mass is 213 g/mol. The zero-order chi connectivity index (χ0) is 10.7. The summed E-state index contributed by atoms with van der Waals surface area (Å²) in [7, 11) is 0. The molecule has 15 heavy (non-hydrogen) atoms. The molecule has 0 aromatic heterocycles. The van der Waals surface area contributed by atoms with Crippen molar-refractivity contribution in [1.29, 1.82) is 0 Å². The molecule has 2 N–H and O–H groups in total. The van der Waals surface area contributed by atoms with Crippen LogP contribution in [0.15, 0.2) is 0 Å². The molecule has 1 saturated carbocycles. The number of hydrogen-bond acceptors (Lipinski definition) is 3. The van der Waals surface area contributed by atoms with E-state index in [0.717, 1.165) is 38.7 Å². The van der Waals surface area contributed by atoms with Crippen LogP contribution < -0.4 is 5.32 Å². The van der Waals surface area contributed by atoms with Crippen LogP contribution in [-0.2, 0) is 9.53 Å². The first-order valence-corrected chi connectivity index (χ1v) is 5.78. The fourth-order valence-corrected chi connectivity index (χ4v) is 2.00. The van der Waals surface area contributed by atoms with E-state index in [2.05, 4.69) is 5.32 Å². The molecule has 2 aliphatic rings. The minimum absolute atomic E-state index is 0.0528. The van der Waals surface area contributed by atoms with Gasteiger partial charge in [0.2, 0.25) is 5.91 Å². The van der Waals surface area contributed by atoms with Crippen molar-refractivity contribution in [3.8, 4) is 0 Å². The second-order valence-corrected chi connectivity index (χ2v) is 4.66. The highest BCUT2D eigenvalue weighted by atomic mass is 16.5. The van der Waals surface area contributed by atoms with E-state index < -0.39 is 0 Å². The van der Waals surface area contributed by atoms with Gasteiger partial charge in [0, 0.05) is 13.0 Å². The maximum Gasteiger partial charge on any atom is 0.220 e. The molecule has 0 radical (unpaired) electrons. The number of aliphatic hydroxyl groups is 1. The molecule has 2 fully saturated rings. The van der Waals surface area contributed by atoms with Gasteiger partial charge in [0.25, 0.3) is 0 Å². The number of aliphatic hydroxyl groups excluding tert-OH is 1. The van der Waals surface area contributed by atoms with Crippen LogP contribution in [0.3, 0.4) is 0 Å². The standard InChI is InChI=1S/C11H19NO3/c13-8-11(5-6-11)12-10(14)4-3-9-2-1-7-15-9/h9,13H,1-8H2,(H,12,14). The molecule has 1 unspecified atom stereocenters. The molecule has 0 aromatic carbocycles. The van der Waals surface area contributed by atoms with Gasteiger partial charge < -0.3 is 15.2 Å². The molecule has 86 valence electrons. The van der Waals surface area contributed by atoms with E-state index in [4.69, 9.17) is 9.84 Å². The zero-order valence-electron chi connectivity index (χ0n) is 9.00. The van der Waals surface area contributed by atoms with Gasteiger partial charge in [-0.25, -0.2) is 0 Å². The minimum atomic E-state index is -0.270. The van der Waals surface area contributed by atoms with Gasteiger partial charge in [-0.1, -0.05) is 0 Å². The summed E-state index contributed by atoms with van der Waals surface area (Å²) in [5, 5.41) is 11.9. The van der Waals surface area contributed by atoms with Gasteiger partial charge in [-0.15, -0.1) is 0 Å². The van der Waals surface area contributed by atoms with Gasteiger partial charge in [0.1, 0.15) is 0 Å². The minimum Gasteiger partial charge on any atom is -0.394 e. The molecule has 2 rings (SSSR count). The average Bonchev–Trinajstić information content (AvgIpc) is 2.80. The summed E-state index contributed by atoms with van der Waals surface area (Å²) in [6, 6.07) is 0. The number of carbonyl (C=O) groups excluding carboxylic acids is 1. The fraction of sp³-hybridized carbons (Fsp3) is 0.909. The van der Waals surface area contributed by atoms with E-state index in [-0.39, 0.29) is 24.2 Å². The summed E-state index contributed by atoms with van der Waals surface area (Å²) in [4.78, 5) is 11.5. The van der Waals surface area contributed by atoms with Crippen LogP contribution in [0.4, 0.5) is 0 Å². The molecule has 1 heterocycles. The maximum atomic E-state index is 11.5. The number of hydrogen-bond donors (Lipinski definition) is 2. The molecular formula is C11H19NO3. The zero-order valence-corrected chi connectivity index (χ0v) is 9.00. The van der Waals surface area contributed by atoms with Crippen LogP contribution in [0, 0.1) is 0 Å². The highest BCUT2D eigenvalue weighted by Crippen LogP contribution is 2.34. The number of amides is 1. The molecule has 1 aliphatic heterocycles. The Labute approximate surface area is 90.0 Å². The first-order chi connectivity index (χ1) is 7.24. The second kappa shape index (κ2) is 4.49. The van der Waals surface area contributed by atoms with Crippen molar-refractivity contribution < 1.29 is 14.6 Å². The number of nitrogens with one attached hydrogen (secondary N) is 1. The first kappa shape index (κ1) is 10.9. The van der Waals surface area contributed by atoms with Gasteiger partial charge in [0.05, 0.1) is 18.2 Å². The van der Waals surface area contributed by atoms with Gasteiger partial charge in [0.15, 0.2) is 0 Å². The molecule has 1 atom stereocenters. The molecule has 1 amide bonds. The first-order valence-electron chi connectivity index (χ1n) is 5.78. The third-order valence-corrected chi connectivity index (χ3v) is 3.28. The summed E-state index contributed by atoms with van der Waals surface area (Å²) in [6.07, 6.45) is 5.63. The van der Waals surface area contributed by atoms with Crippen molar-refractivity contribution in [3.05, 3.63) is 0 Å². The third-order valence-electron chi connectivity index (χ3n) is 3.28. The molecule has 1 saturated heterocycles. The maximum absolute atomic E-state index is 11.5. The Kier molecular flexibility index (Phi) is 3.26. The Bertz CT molecular complexity index is 232. The Morgan fingerprint density at radius 2 is 2.33 bits per heavy atom. The molecule has 0 bridgehead atoms. The SMILES string of the molecule is O=C(CCC1CCCO1)NC1(CO)CC1. The average molecular weight is 213 g/mol. The molecule has 0 spiro atoms. The Hall–Kier alpha value is -0.610. The van der Waals surface area contributed by atoms with Crippen molar-refractivity contribution in [2.45, 2.75) is 50.2 Å². The van der Waals surface area contributed by atoms with Gasteiger partial charge in [-0.2, -0.15) is 0 Å². The van der Waals surface area contributed by atoms with Crippen LogP contribution in [0.25, 0.3) is 0 Å². The van der Waals surface area contributed by atoms with Crippen molar-refractivity contribution in [2.24, 2.45) is 0 Å². The van der Waals surface area contributed by atoms with Crippen molar-refractivity contribution in [1.82, 2.24) is 5.32 Å². The van der Waals surface area contributed by atoms with E-state index >= 15 is 0 Å². The number of ether oxygens (including phenoxy) is 1. The predicted octanol–water partition coefficient (Wildman–Crippen LogP) is 0.587. The third kappa shape index (κ3) is 2.92. The summed E-state index contributed by atoms with van der Waals surface area (Å²) < 4.78 is 5.45. The lowest BCUT2D eigenvalue weighted by atomic mass is 10.1. The van der Waals surface area contributed by atoms with E-state index in [0.29, 0.717) is 6.42 Å². The number of rotatable bonds is 5. The molecule has 4 heteroatoms. The molecule has 0 aromatic rings. The van der Waals surface area contributed by atoms with Crippen molar-refractivity contribution in [3.63, 3.8) is 0 Å². The van der Waals surface area contributed by atoms with E-state index in [1.54, 1.807) is 0 Å². The predicted molar refractivity (Wildman–Crippen MR) is 55.4 cm³/mol. The summed E-state index contributed by atoms with van der Waals surface area (Å²) in [5.41, 5.74) is -0.270. The van der Waals surface area contributed by atoms with Crippen LogP contribution in [0.1, 0.15) is 38.5 Å². The van der Waals surface area contributed by atoms with Crippen LogP contribution in [0.5, 0.6) is 0 Å². The largest absolute Gasteiger partial charge is 0.394 e. The number of carbonyl (C=O) groups is 1. The summed E-state index contributed by atoms with van der Waals surface area (Å²) in [6.45, 7) is 0.908. The van der Waals surface area contributed by atoms with Crippen LogP contribution in [0.2, 0.25) is 0 Å². The smallest absolute Gasteiger partial charge is 0.220 e. The van der Waals surface area contributed by atoms with Gasteiger partial charge in [-0.05, 0) is 32.1 Å². The quantitative estimate of drug-likeness (QED) is 0.702. The fourth-order valence-electron chi connectivity index (χ4n) is 2.00. The summed E-state index contributed by atoms with van der Waals surface area (Å²) in [5.74, 6) is 0.0528. The van der Waals surface area contributed by atoms with Gasteiger partial charge in [-0.3, -0.25) is 4.79 Å². The van der Waals surface area contributed by atoms with Gasteiger partial charge >= 0.3 is 0 Å². The lowest BCUT2D eigenvalue weighted by Gasteiger charge is -2.15. The van der Waals surface area contributed by atoms with Crippen molar-refractivity contribution >= 4 is 5.91 Å². The summed E-state index contributed by atoms with van der Waals surface area (Å²) >= 11 is 0. The molecule has 1 aliphatic carbocycles. The highest BCUT2D eigenvalue weighted by Gasteiger charge is 2.43. The van der Waals surface area contributed by atoms with Crippen LogP contribution in [-0.4, -0.2) is 35.9 Å². The van der Waals surface area contributed by atoms with E-state index in [9.17, 15) is 4.79 Å². The van der Waals surface area contributed by atoms with Crippen molar-refractivity contribution in [2.75, 3.05) is 13.2 Å². The normalized spacial score (nSPS) is 27.7. The molecule has 4 nitrogen and oxygen atoms in total. The van der Waals surface area contributed by atoms with E-state index in [1.807, 2.05) is 0 Å². The van der Waals surface area contributed by atoms with E-state index in [1.165, 1.54) is 0 Å². The Morgan fingerprint density at radius 3 is 2.87 bits per heavy atom. The lowest BCUT2D eigenvalue weighted by Crippen LogP contribution is -2.39. The topological polar surface area (TPSA) is 58.6 Å². The molecular weight excluding hydrogens is 194 g/mol. The Balaban J connectivity index is 1.64. The second-order valence-electron chi connectivity index (χ2n) is 4.66. The Morgan fingerprint density at radius 1 is 1.53 bits per heavy atom.